The molecule has 11 heteroatoms. The number of nitrogens with zero attached hydrogens (tertiary/aromatic N) is 4. The summed E-state index contributed by atoms with van der Waals surface area (Å²) in [7, 11) is 0. The van der Waals surface area contributed by atoms with E-state index in [4.69, 9.17) is 0 Å². The molecule has 0 saturated carbocycles. The standard InChI is InChI=1S/C15H18F3N5O2S/c1-14(2,3)23-13(20-21-22-23)26-9-12(24)19-8-10-6-4-5-7-11(10)25-15(16,17)18/h4-7H,8-9H2,1-3H3,(H,19,24). The predicted octanol–water partition coefficient (Wildman–Crippen LogP) is 2.74. The molecular formula is C15H18F3N5O2S. The average Bonchev–Trinajstić information content (AvgIpc) is 2.99. The van der Waals surface area contributed by atoms with Gasteiger partial charge in [0.2, 0.25) is 11.1 Å². The minimum absolute atomic E-state index is 0.0265. The second-order valence-electron chi connectivity index (χ2n) is 6.27. The third-order valence-corrected chi connectivity index (χ3v) is 4.00. The number of benzene rings is 1. The Balaban J connectivity index is 1.91. The minimum Gasteiger partial charge on any atom is -0.405 e. The summed E-state index contributed by atoms with van der Waals surface area (Å²) >= 11 is 1.14. The Bertz CT molecular complexity index is 758. The number of tetrazole rings is 1. The van der Waals surface area contributed by atoms with Gasteiger partial charge in [0, 0.05) is 12.1 Å². The highest BCUT2D eigenvalue weighted by Crippen LogP contribution is 2.26. The van der Waals surface area contributed by atoms with E-state index in [2.05, 4.69) is 25.6 Å². The van der Waals surface area contributed by atoms with Crippen molar-refractivity contribution in [1.82, 2.24) is 25.5 Å². The number of rotatable bonds is 6. The molecule has 1 amide bonds. The van der Waals surface area contributed by atoms with Gasteiger partial charge >= 0.3 is 6.36 Å². The van der Waals surface area contributed by atoms with Gasteiger partial charge in [-0.05, 0) is 37.3 Å². The molecule has 1 heterocycles. The summed E-state index contributed by atoms with van der Waals surface area (Å²) in [5.41, 5.74) is -0.112. The van der Waals surface area contributed by atoms with Gasteiger partial charge in [-0.3, -0.25) is 4.79 Å². The molecule has 0 unspecified atom stereocenters. The lowest BCUT2D eigenvalue weighted by atomic mass is 10.1. The first-order valence-electron chi connectivity index (χ1n) is 7.58. The average molecular weight is 389 g/mol. The summed E-state index contributed by atoms with van der Waals surface area (Å²) in [6, 6.07) is 5.64. The van der Waals surface area contributed by atoms with Crippen LogP contribution in [0.15, 0.2) is 29.4 Å². The van der Waals surface area contributed by atoms with Gasteiger partial charge in [-0.25, -0.2) is 4.68 Å². The number of halogens is 3. The third-order valence-electron chi connectivity index (χ3n) is 3.08. The Kier molecular flexibility index (Phi) is 6.11. The molecule has 0 fully saturated rings. The monoisotopic (exact) mass is 389 g/mol. The molecule has 1 N–H and O–H groups in total. The van der Waals surface area contributed by atoms with Gasteiger partial charge < -0.3 is 10.1 Å². The van der Waals surface area contributed by atoms with Gasteiger partial charge in [-0.1, -0.05) is 30.0 Å². The minimum atomic E-state index is -4.79. The van der Waals surface area contributed by atoms with Crippen LogP contribution < -0.4 is 10.1 Å². The Hall–Kier alpha value is -2.30. The predicted molar refractivity (Wildman–Crippen MR) is 88.5 cm³/mol. The maximum Gasteiger partial charge on any atom is 0.573 e. The number of alkyl halides is 3. The van der Waals surface area contributed by atoms with Crippen LogP contribution in [-0.2, 0) is 16.9 Å². The molecule has 1 aromatic carbocycles. The zero-order valence-corrected chi connectivity index (χ0v) is 15.2. The third kappa shape index (κ3) is 5.90. The van der Waals surface area contributed by atoms with Gasteiger partial charge in [-0.2, -0.15) is 0 Å². The fourth-order valence-electron chi connectivity index (χ4n) is 1.94. The molecule has 2 rings (SSSR count). The Labute approximate surface area is 152 Å². The van der Waals surface area contributed by atoms with Crippen molar-refractivity contribution < 1.29 is 22.7 Å². The fourth-order valence-corrected chi connectivity index (χ4v) is 2.83. The van der Waals surface area contributed by atoms with Crippen LogP contribution >= 0.6 is 11.8 Å². The van der Waals surface area contributed by atoms with Crippen molar-refractivity contribution in [3.8, 4) is 5.75 Å². The number of hydrogen-bond acceptors (Lipinski definition) is 6. The molecule has 0 saturated heterocycles. The smallest absolute Gasteiger partial charge is 0.405 e. The molecule has 142 valence electrons. The lowest BCUT2D eigenvalue weighted by Gasteiger charge is -2.19. The molecule has 2 aromatic rings. The van der Waals surface area contributed by atoms with Crippen LogP contribution in [0.3, 0.4) is 0 Å². The Morgan fingerprint density at radius 3 is 2.62 bits per heavy atom. The molecule has 0 atom stereocenters. The van der Waals surface area contributed by atoms with Gasteiger partial charge in [0.05, 0.1) is 11.3 Å². The van der Waals surface area contributed by atoms with Gasteiger partial charge in [0.15, 0.2) is 0 Å². The van der Waals surface area contributed by atoms with E-state index in [1.807, 2.05) is 20.8 Å². The maximum absolute atomic E-state index is 12.4. The quantitative estimate of drug-likeness (QED) is 0.765. The normalized spacial score (nSPS) is 12.1. The fraction of sp³-hybridized carbons (Fsp3) is 0.467. The summed E-state index contributed by atoms with van der Waals surface area (Å²) in [6.07, 6.45) is -4.79. The van der Waals surface area contributed by atoms with E-state index in [0.717, 1.165) is 11.8 Å². The van der Waals surface area contributed by atoms with Crippen LogP contribution in [0.2, 0.25) is 0 Å². The van der Waals surface area contributed by atoms with Crippen LogP contribution in [0.1, 0.15) is 26.3 Å². The van der Waals surface area contributed by atoms with Crippen molar-refractivity contribution >= 4 is 17.7 Å². The van der Waals surface area contributed by atoms with Crippen molar-refractivity contribution in [1.29, 1.82) is 0 Å². The summed E-state index contributed by atoms with van der Waals surface area (Å²) in [6.45, 7) is 5.68. The van der Waals surface area contributed by atoms with E-state index in [0.29, 0.717) is 5.16 Å². The number of para-hydroxylation sites is 1. The number of ether oxygens (including phenoxy) is 1. The van der Waals surface area contributed by atoms with Crippen LogP contribution in [-0.4, -0.2) is 38.2 Å². The maximum atomic E-state index is 12.4. The molecule has 0 radical (unpaired) electrons. The topological polar surface area (TPSA) is 81.9 Å². The first kappa shape index (κ1) is 20.0. The number of aromatic nitrogens is 4. The molecular weight excluding hydrogens is 371 g/mol. The first-order chi connectivity index (χ1) is 12.1. The van der Waals surface area contributed by atoms with Crippen molar-refractivity contribution in [2.75, 3.05) is 5.75 Å². The van der Waals surface area contributed by atoms with Gasteiger partial charge in [0.25, 0.3) is 0 Å². The highest BCUT2D eigenvalue weighted by molar-refractivity contribution is 7.99. The molecule has 1 aromatic heterocycles. The Morgan fingerprint density at radius 1 is 1.27 bits per heavy atom. The molecule has 0 spiro atoms. The van der Waals surface area contributed by atoms with Gasteiger partial charge in [0.1, 0.15) is 5.75 Å². The number of carbonyl (C=O) groups excluding carboxylic acids is 1. The van der Waals surface area contributed by atoms with E-state index in [9.17, 15) is 18.0 Å². The van der Waals surface area contributed by atoms with Crippen LogP contribution in [0, 0.1) is 0 Å². The van der Waals surface area contributed by atoms with Crippen molar-refractivity contribution in [2.24, 2.45) is 0 Å². The number of nitrogens with one attached hydrogen (secondary N) is 1. The zero-order valence-electron chi connectivity index (χ0n) is 14.4. The number of hydrogen-bond donors (Lipinski definition) is 1. The SMILES string of the molecule is CC(C)(C)n1nnnc1SCC(=O)NCc1ccccc1OC(F)(F)F. The lowest BCUT2D eigenvalue weighted by molar-refractivity contribution is -0.274. The van der Waals surface area contributed by atoms with Crippen molar-refractivity contribution in [2.45, 2.75) is 44.4 Å². The summed E-state index contributed by atoms with van der Waals surface area (Å²) in [4.78, 5) is 12.0. The summed E-state index contributed by atoms with van der Waals surface area (Å²) < 4.78 is 42.7. The van der Waals surface area contributed by atoms with Crippen LogP contribution in [0.4, 0.5) is 13.2 Å². The molecule has 7 nitrogen and oxygen atoms in total. The number of thioether (sulfide) groups is 1. The second kappa shape index (κ2) is 7.94. The first-order valence-corrected chi connectivity index (χ1v) is 8.57. The Morgan fingerprint density at radius 2 is 1.96 bits per heavy atom. The van der Waals surface area contributed by atoms with E-state index < -0.39 is 6.36 Å². The molecule has 0 bridgehead atoms. The summed E-state index contributed by atoms with van der Waals surface area (Å²) in [5, 5.41) is 14.4. The zero-order chi connectivity index (χ0) is 19.4. The lowest BCUT2D eigenvalue weighted by Crippen LogP contribution is -2.27. The second-order valence-corrected chi connectivity index (χ2v) is 7.21. The molecule has 0 aliphatic rings. The van der Waals surface area contributed by atoms with E-state index >= 15 is 0 Å². The van der Waals surface area contributed by atoms with Crippen molar-refractivity contribution in [3.63, 3.8) is 0 Å². The molecule has 26 heavy (non-hydrogen) atoms. The summed E-state index contributed by atoms with van der Waals surface area (Å²) in [5.74, 6) is -0.677. The highest BCUT2D eigenvalue weighted by atomic mass is 32.2. The number of carbonyl (C=O) groups is 1. The van der Waals surface area contributed by atoms with Crippen molar-refractivity contribution in [3.05, 3.63) is 29.8 Å². The van der Waals surface area contributed by atoms with Crippen LogP contribution in [0.25, 0.3) is 0 Å². The van der Waals surface area contributed by atoms with E-state index in [-0.39, 0.29) is 35.1 Å². The van der Waals surface area contributed by atoms with E-state index in [1.54, 1.807) is 10.7 Å². The van der Waals surface area contributed by atoms with Crippen LogP contribution in [0.5, 0.6) is 5.75 Å². The van der Waals surface area contributed by atoms with E-state index in [1.165, 1.54) is 18.2 Å². The largest absolute Gasteiger partial charge is 0.573 e. The molecule has 0 aliphatic heterocycles. The van der Waals surface area contributed by atoms with Gasteiger partial charge in [-0.15, -0.1) is 18.3 Å². The highest BCUT2D eigenvalue weighted by Gasteiger charge is 2.32. The number of amides is 1. The molecule has 0 aliphatic carbocycles.